The second-order valence-corrected chi connectivity index (χ2v) is 7.37. The fraction of sp³-hybridized carbons (Fsp3) is 0.381. The third-order valence-electron chi connectivity index (χ3n) is 4.87. The van der Waals surface area contributed by atoms with E-state index in [1.165, 1.54) is 5.56 Å². The molecule has 1 aliphatic rings. The van der Waals surface area contributed by atoms with E-state index in [0.717, 1.165) is 38.0 Å². The summed E-state index contributed by atoms with van der Waals surface area (Å²) in [4.78, 5) is 14.7. The molecule has 138 valence electrons. The van der Waals surface area contributed by atoms with Crippen LogP contribution in [0.3, 0.4) is 0 Å². The van der Waals surface area contributed by atoms with Gasteiger partial charge in [0.2, 0.25) is 0 Å². The first-order chi connectivity index (χ1) is 12.6. The maximum absolute atomic E-state index is 12.3. The molecule has 2 aromatic rings. The topological polar surface area (TPSA) is 44.4 Å². The molecule has 4 nitrogen and oxygen atoms in total. The summed E-state index contributed by atoms with van der Waals surface area (Å²) >= 11 is 6.02. The zero-order valence-corrected chi connectivity index (χ0v) is 15.9. The highest BCUT2D eigenvalue weighted by molar-refractivity contribution is 6.30. The quantitative estimate of drug-likeness (QED) is 0.819. The van der Waals surface area contributed by atoms with Crippen molar-refractivity contribution in [1.29, 1.82) is 0 Å². The van der Waals surface area contributed by atoms with Crippen LogP contribution in [-0.4, -0.2) is 30.1 Å². The Bertz CT molecular complexity index is 714. The van der Waals surface area contributed by atoms with Crippen molar-refractivity contribution in [3.8, 4) is 0 Å². The molecule has 1 aliphatic heterocycles. The Hall–Kier alpha value is -2.04. The number of hydrogen-bond donors (Lipinski definition) is 2. The Labute approximate surface area is 160 Å². The Morgan fingerprint density at radius 2 is 1.88 bits per heavy atom. The third-order valence-corrected chi connectivity index (χ3v) is 5.10. The molecular weight excluding hydrogens is 346 g/mol. The lowest BCUT2D eigenvalue weighted by Gasteiger charge is -2.32. The molecule has 3 rings (SSSR count). The van der Waals surface area contributed by atoms with Gasteiger partial charge in [-0.1, -0.05) is 54.1 Å². The molecule has 1 atom stereocenters. The lowest BCUT2D eigenvalue weighted by molar-refractivity contribution is 0.186. The predicted molar refractivity (Wildman–Crippen MR) is 106 cm³/mol. The van der Waals surface area contributed by atoms with E-state index in [0.29, 0.717) is 5.02 Å². The second kappa shape index (κ2) is 9.06. The molecule has 2 aromatic carbocycles. The van der Waals surface area contributed by atoms with Gasteiger partial charge in [-0.3, -0.25) is 4.90 Å². The van der Waals surface area contributed by atoms with Gasteiger partial charge in [-0.25, -0.2) is 4.79 Å². The van der Waals surface area contributed by atoms with E-state index < -0.39 is 0 Å². The van der Waals surface area contributed by atoms with Gasteiger partial charge in [0.15, 0.2) is 0 Å². The van der Waals surface area contributed by atoms with Gasteiger partial charge in [-0.2, -0.15) is 0 Å². The average Bonchev–Trinajstić information content (AvgIpc) is 2.64. The highest BCUT2D eigenvalue weighted by Gasteiger charge is 2.21. The van der Waals surface area contributed by atoms with Crippen molar-refractivity contribution in [2.45, 2.75) is 38.4 Å². The van der Waals surface area contributed by atoms with Crippen molar-refractivity contribution in [1.82, 2.24) is 15.5 Å². The minimum Gasteiger partial charge on any atom is -0.335 e. The first-order valence-corrected chi connectivity index (χ1v) is 9.57. The van der Waals surface area contributed by atoms with Gasteiger partial charge in [0.25, 0.3) is 0 Å². The molecule has 1 fully saturated rings. The zero-order chi connectivity index (χ0) is 18.4. The fourth-order valence-corrected chi connectivity index (χ4v) is 3.56. The summed E-state index contributed by atoms with van der Waals surface area (Å²) in [5.41, 5.74) is 2.34. The smallest absolute Gasteiger partial charge is 0.315 e. The van der Waals surface area contributed by atoms with Crippen molar-refractivity contribution >= 4 is 17.6 Å². The number of nitrogens with one attached hydrogen (secondary N) is 2. The first-order valence-electron chi connectivity index (χ1n) is 9.19. The van der Waals surface area contributed by atoms with E-state index in [4.69, 9.17) is 11.6 Å². The van der Waals surface area contributed by atoms with Crippen LogP contribution in [0.15, 0.2) is 54.6 Å². The summed E-state index contributed by atoms with van der Waals surface area (Å²) in [5.74, 6) is 0. The summed E-state index contributed by atoms with van der Waals surface area (Å²) in [6.07, 6.45) is 1.96. The Kier molecular flexibility index (Phi) is 6.53. The summed E-state index contributed by atoms with van der Waals surface area (Å²) < 4.78 is 0. The molecule has 26 heavy (non-hydrogen) atoms. The minimum absolute atomic E-state index is 0.0770. The van der Waals surface area contributed by atoms with Crippen LogP contribution >= 0.6 is 11.6 Å². The summed E-state index contributed by atoms with van der Waals surface area (Å²) in [7, 11) is 0. The molecule has 1 heterocycles. The van der Waals surface area contributed by atoms with Crippen molar-refractivity contribution < 1.29 is 4.79 Å². The summed E-state index contributed by atoms with van der Waals surface area (Å²) in [6, 6.07) is 18.2. The Morgan fingerprint density at radius 1 is 1.15 bits per heavy atom. The van der Waals surface area contributed by atoms with Gasteiger partial charge in [0.05, 0.1) is 6.04 Å². The Balaban J connectivity index is 1.42. The summed E-state index contributed by atoms with van der Waals surface area (Å²) in [6.45, 7) is 4.95. The van der Waals surface area contributed by atoms with Crippen LogP contribution in [0.5, 0.6) is 0 Å². The molecule has 2 N–H and O–H groups in total. The SMILES string of the molecule is CC(NC(=O)NC1CCN(Cc2ccccc2)CC1)c1cccc(Cl)c1. The number of amides is 2. The van der Waals surface area contributed by atoms with E-state index in [1.807, 2.05) is 37.3 Å². The summed E-state index contributed by atoms with van der Waals surface area (Å²) in [5, 5.41) is 6.79. The molecule has 5 heteroatoms. The van der Waals surface area contributed by atoms with Gasteiger partial charge < -0.3 is 10.6 Å². The molecule has 1 unspecified atom stereocenters. The van der Waals surface area contributed by atoms with Crippen molar-refractivity contribution in [3.05, 3.63) is 70.7 Å². The minimum atomic E-state index is -0.112. The number of nitrogens with zero attached hydrogens (tertiary/aromatic N) is 1. The standard InChI is InChI=1S/C21H26ClN3O/c1-16(18-8-5-9-19(22)14-18)23-21(26)24-20-10-12-25(13-11-20)15-17-6-3-2-4-7-17/h2-9,14,16,20H,10-13,15H2,1H3,(H2,23,24,26). The van der Waals surface area contributed by atoms with Crippen LogP contribution in [0, 0.1) is 0 Å². The average molecular weight is 372 g/mol. The highest BCUT2D eigenvalue weighted by Crippen LogP contribution is 2.18. The number of hydrogen-bond acceptors (Lipinski definition) is 2. The maximum Gasteiger partial charge on any atom is 0.315 e. The molecule has 0 spiro atoms. The van der Waals surface area contributed by atoms with E-state index >= 15 is 0 Å². The monoisotopic (exact) mass is 371 g/mol. The van der Waals surface area contributed by atoms with Crippen molar-refractivity contribution in [2.75, 3.05) is 13.1 Å². The van der Waals surface area contributed by atoms with Gasteiger partial charge >= 0.3 is 6.03 Å². The van der Waals surface area contributed by atoms with Crippen LogP contribution in [-0.2, 0) is 6.54 Å². The first kappa shape index (κ1) is 18.7. The fourth-order valence-electron chi connectivity index (χ4n) is 3.36. The molecule has 0 radical (unpaired) electrons. The number of benzene rings is 2. The van der Waals surface area contributed by atoms with Crippen molar-refractivity contribution in [3.63, 3.8) is 0 Å². The zero-order valence-electron chi connectivity index (χ0n) is 15.1. The van der Waals surface area contributed by atoms with E-state index in [1.54, 1.807) is 0 Å². The van der Waals surface area contributed by atoms with Crippen LogP contribution in [0.4, 0.5) is 4.79 Å². The normalized spacial score (nSPS) is 16.8. The van der Waals surface area contributed by atoms with Gasteiger partial charge in [-0.15, -0.1) is 0 Å². The van der Waals surface area contributed by atoms with E-state index in [9.17, 15) is 4.79 Å². The molecular formula is C21H26ClN3O. The number of likely N-dealkylation sites (tertiary alicyclic amines) is 1. The highest BCUT2D eigenvalue weighted by atomic mass is 35.5. The number of piperidine rings is 1. The second-order valence-electron chi connectivity index (χ2n) is 6.93. The molecule has 1 saturated heterocycles. The lowest BCUT2D eigenvalue weighted by atomic mass is 10.0. The van der Waals surface area contributed by atoms with Crippen LogP contribution in [0.2, 0.25) is 5.02 Å². The van der Waals surface area contributed by atoms with E-state index in [2.05, 4.69) is 39.8 Å². The number of halogens is 1. The van der Waals surface area contributed by atoms with Crippen LogP contribution in [0.1, 0.15) is 36.9 Å². The number of urea groups is 1. The maximum atomic E-state index is 12.3. The van der Waals surface area contributed by atoms with Gasteiger partial charge in [0, 0.05) is 30.7 Å². The lowest BCUT2D eigenvalue weighted by Crippen LogP contribution is -2.48. The third kappa shape index (κ3) is 5.48. The van der Waals surface area contributed by atoms with Gasteiger partial charge in [0.1, 0.15) is 0 Å². The molecule has 2 amide bonds. The number of carbonyl (C=O) groups excluding carboxylic acids is 1. The molecule has 0 aromatic heterocycles. The number of rotatable bonds is 5. The van der Waals surface area contributed by atoms with Gasteiger partial charge in [-0.05, 0) is 43.0 Å². The largest absolute Gasteiger partial charge is 0.335 e. The van der Waals surface area contributed by atoms with Crippen LogP contribution < -0.4 is 10.6 Å². The predicted octanol–water partition coefficient (Wildman–Crippen LogP) is 4.36. The number of carbonyl (C=O) groups is 1. The van der Waals surface area contributed by atoms with Crippen molar-refractivity contribution in [2.24, 2.45) is 0 Å². The van der Waals surface area contributed by atoms with Crippen LogP contribution in [0.25, 0.3) is 0 Å². The molecule has 0 saturated carbocycles. The molecule has 0 bridgehead atoms. The molecule has 0 aliphatic carbocycles. The van der Waals surface area contributed by atoms with E-state index in [-0.39, 0.29) is 18.1 Å². The Morgan fingerprint density at radius 3 is 2.58 bits per heavy atom.